The summed E-state index contributed by atoms with van der Waals surface area (Å²) >= 11 is 0. The van der Waals surface area contributed by atoms with Crippen LogP contribution < -0.4 is 15.0 Å². The second kappa shape index (κ2) is 10.7. The van der Waals surface area contributed by atoms with E-state index in [-0.39, 0.29) is 28.9 Å². The van der Waals surface area contributed by atoms with Gasteiger partial charge >= 0.3 is 12.1 Å². The van der Waals surface area contributed by atoms with Crippen LogP contribution in [0.5, 0.6) is 5.75 Å². The molecule has 1 heterocycles. The van der Waals surface area contributed by atoms with Gasteiger partial charge in [-0.25, -0.2) is 4.79 Å². The van der Waals surface area contributed by atoms with Gasteiger partial charge in [0.25, 0.3) is 11.8 Å². The molecule has 10 heteroatoms. The molecule has 192 valence electrons. The molecular weight excluding hydrogens is 489 g/mol. The zero-order valence-electron chi connectivity index (χ0n) is 19.7. The van der Waals surface area contributed by atoms with Gasteiger partial charge in [-0.2, -0.15) is 13.2 Å². The number of esters is 1. The Balaban J connectivity index is 1.35. The first-order valence-corrected chi connectivity index (χ1v) is 11.4. The minimum Gasteiger partial charge on any atom is -0.483 e. The van der Waals surface area contributed by atoms with Crippen molar-refractivity contribution in [2.24, 2.45) is 0 Å². The maximum atomic E-state index is 12.9. The highest BCUT2D eigenvalue weighted by Gasteiger charge is 2.32. The fraction of sp³-hybridized carbons (Fsp3) is 0.222. The van der Waals surface area contributed by atoms with E-state index in [1.54, 1.807) is 17.0 Å². The van der Waals surface area contributed by atoms with E-state index >= 15 is 0 Å². The molecular formula is C27H23F3N2O5. The molecule has 0 bridgehead atoms. The van der Waals surface area contributed by atoms with Gasteiger partial charge in [0.15, 0.2) is 13.2 Å². The number of alkyl halides is 3. The lowest BCUT2D eigenvalue weighted by atomic mass is 10.1. The fourth-order valence-corrected chi connectivity index (χ4v) is 4.09. The molecule has 3 aromatic rings. The molecule has 1 atom stereocenters. The number of hydrogen-bond donors (Lipinski definition) is 1. The molecule has 0 unspecified atom stereocenters. The Morgan fingerprint density at radius 1 is 0.973 bits per heavy atom. The number of carbonyl (C=O) groups excluding carboxylic acids is 3. The first-order chi connectivity index (χ1) is 17.6. The third-order valence-corrected chi connectivity index (χ3v) is 5.74. The van der Waals surface area contributed by atoms with E-state index in [1.165, 1.54) is 24.3 Å². The average Bonchev–Trinajstić information content (AvgIpc) is 3.21. The third kappa shape index (κ3) is 6.08. The van der Waals surface area contributed by atoms with E-state index in [9.17, 15) is 27.6 Å². The molecule has 0 aromatic heterocycles. The first kappa shape index (κ1) is 25.7. The number of carbonyl (C=O) groups is 3. The van der Waals surface area contributed by atoms with E-state index in [0.29, 0.717) is 6.42 Å². The Hall–Kier alpha value is -4.34. The summed E-state index contributed by atoms with van der Waals surface area (Å²) in [6.07, 6.45) is -3.84. The van der Waals surface area contributed by atoms with Crippen molar-refractivity contribution in [3.63, 3.8) is 0 Å². The highest BCUT2D eigenvalue weighted by Crippen LogP contribution is 2.32. The van der Waals surface area contributed by atoms with Crippen molar-refractivity contribution >= 4 is 29.2 Å². The zero-order chi connectivity index (χ0) is 26.6. The molecule has 3 aromatic carbocycles. The minimum absolute atomic E-state index is 0.00274. The number of nitrogens with zero attached hydrogens (tertiary/aromatic N) is 1. The predicted molar refractivity (Wildman–Crippen MR) is 129 cm³/mol. The highest BCUT2D eigenvalue weighted by atomic mass is 19.4. The standard InChI is InChI=1S/C27H23F3N2O5/c1-17-13-18-7-2-4-11-22(18)32(17)25(34)16-37-26(35)21-10-3-5-12-23(21)36-15-24(33)31-20-9-6-8-19(14-20)27(28,29)30/h2-12,14,17H,13,15-16H2,1H3,(H,31,33)/t17-/m1/s1. The van der Waals surface area contributed by atoms with Gasteiger partial charge in [0.1, 0.15) is 11.3 Å². The smallest absolute Gasteiger partial charge is 0.416 e. The van der Waals surface area contributed by atoms with Gasteiger partial charge in [0.05, 0.1) is 5.56 Å². The number of fused-ring (bicyclic) bond motifs is 1. The van der Waals surface area contributed by atoms with Crippen molar-refractivity contribution in [2.45, 2.75) is 25.6 Å². The summed E-state index contributed by atoms with van der Waals surface area (Å²) in [7, 11) is 0. The summed E-state index contributed by atoms with van der Waals surface area (Å²) < 4.78 is 49.3. The maximum Gasteiger partial charge on any atom is 0.416 e. The van der Waals surface area contributed by atoms with Crippen LogP contribution in [0.25, 0.3) is 0 Å². The largest absolute Gasteiger partial charge is 0.483 e. The molecule has 7 nitrogen and oxygen atoms in total. The lowest BCUT2D eigenvalue weighted by molar-refractivity contribution is -0.137. The van der Waals surface area contributed by atoms with E-state index in [1.807, 2.05) is 31.2 Å². The van der Waals surface area contributed by atoms with Gasteiger partial charge in [-0.05, 0) is 55.3 Å². The zero-order valence-corrected chi connectivity index (χ0v) is 19.7. The average molecular weight is 512 g/mol. The summed E-state index contributed by atoms with van der Waals surface area (Å²) in [5.41, 5.74) is 0.869. The maximum absolute atomic E-state index is 12.9. The molecule has 0 spiro atoms. The Morgan fingerprint density at radius 2 is 1.70 bits per heavy atom. The van der Waals surface area contributed by atoms with E-state index in [0.717, 1.165) is 23.4 Å². The van der Waals surface area contributed by atoms with E-state index in [2.05, 4.69) is 5.32 Å². The highest BCUT2D eigenvalue weighted by molar-refractivity contribution is 6.00. The lowest BCUT2D eigenvalue weighted by Crippen LogP contribution is -2.38. The molecule has 0 aliphatic carbocycles. The number of amides is 2. The molecule has 0 radical (unpaired) electrons. The number of benzene rings is 3. The second-order valence-electron chi connectivity index (χ2n) is 8.43. The van der Waals surface area contributed by atoms with Crippen LogP contribution in [0.4, 0.5) is 24.5 Å². The monoisotopic (exact) mass is 512 g/mol. The van der Waals surface area contributed by atoms with Crippen LogP contribution in [0, 0.1) is 0 Å². The van der Waals surface area contributed by atoms with Crippen molar-refractivity contribution in [1.29, 1.82) is 0 Å². The summed E-state index contributed by atoms with van der Waals surface area (Å²) in [6.45, 7) is 0.858. The molecule has 37 heavy (non-hydrogen) atoms. The molecule has 1 aliphatic rings. The van der Waals surface area contributed by atoms with Gasteiger partial charge in [-0.1, -0.05) is 36.4 Å². The third-order valence-electron chi connectivity index (χ3n) is 5.74. The topological polar surface area (TPSA) is 84.9 Å². The van der Waals surface area contributed by atoms with Gasteiger partial charge in [-0.15, -0.1) is 0 Å². The summed E-state index contributed by atoms with van der Waals surface area (Å²) in [6, 6.07) is 17.6. The van der Waals surface area contributed by atoms with Crippen LogP contribution >= 0.6 is 0 Å². The number of rotatable bonds is 7. The number of hydrogen-bond acceptors (Lipinski definition) is 5. The SMILES string of the molecule is C[C@@H]1Cc2ccccc2N1C(=O)COC(=O)c1ccccc1OCC(=O)Nc1cccc(C(F)(F)F)c1. The first-order valence-electron chi connectivity index (χ1n) is 11.4. The van der Waals surface area contributed by atoms with Crippen LogP contribution in [0.2, 0.25) is 0 Å². The van der Waals surface area contributed by atoms with Crippen molar-refractivity contribution in [2.75, 3.05) is 23.4 Å². The summed E-state index contributed by atoms with van der Waals surface area (Å²) in [4.78, 5) is 39.3. The molecule has 4 rings (SSSR count). The fourth-order valence-electron chi connectivity index (χ4n) is 4.09. The number of halogens is 3. The van der Waals surface area contributed by atoms with Gasteiger partial charge in [-0.3, -0.25) is 9.59 Å². The minimum atomic E-state index is -4.55. The van der Waals surface area contributed by atoms with Crippen LogP contribution in [0.1, 0.15) is 28.4 Å². The Morgan fingerprint density at radius 3 is 2.49 bits per heavy atom. The lowest BCUT2D eigenvalue weighted by Gasteiger charge is -2.22. The molecule has 2 amide bonds. The quantitative estimate of drug-likeness (QED) is 0.457. The Bertz CT molecular complexity index is 1330. The van der Waals surface area contributed by atoms with Crippen molar-refractivity contribution < 1.29 is 37.0 Å². The van der Waals surface area contributed by atoms with E-state index in [4.69, 9.17) is 9.47 Å². The molecule has 1 N–H and O–H groups in total. The second-order valence-corrected chi connectivity index (χ2v) is 8.43. The van der Waals surface area contributed by atoms with Gasteiger partial charge in [0.2, 0.25) is 0 Å². The van der Waals surface area contributed by atoms with Crippen molar-refractivity contribution in [3.8, 4) is 5.75 Å². The van der Waals surface area contributed by atoms with Gasteiger partial charge < -0.3 is 19.7 Å². The Kier molecular flexibility index (Phi) is 7.47. The van der Waals surface area contributed by atoms with Crippen molar-refractivity contribution in [3.05, 3.63) is 89.5 Å². The normalized spacial score (nSPS) is 14.6. The molecule has 0 saturated carbocycles. The van der Waals surface area contributed by atoms with Crippen LogP contribution in [0.15, 0.2) is 72.8 Å². The number of nitrogens with one attached hydrogen (secondary N) is 1. The van der Waals surface area contributed by atoms with Crippen LogP contribution in [-0.2, 0) is 26.9 Å². The van der Waals surface area contributed by atoms with Crippen LogP contribution in [0.3, 0.4) is 0 Å². The van der Waals surface area contributed by atoms with Gasteiger partial charge in [0, 0.05) is 17.4 Å². The molecule has 0 saturated heterocycles. The van der Waals surface area contributed by atoms with E-state index < -0.39 is 36.8 Å². The number of para-hydroxylation sites is 2. The molecule has 1 aliphatic heterocycles. The van der Waals surface area contributed by atoms with Crippen LogP contribution in [-0.4, -0.2) is 37.0 Å². The summed E-state index contributed by atoms with van der Waals surface area (Å²) in [5.74, 6) is -1.88. The summed E-state index contributed by atoms with van der Waals surface area (Å²) in [5, 5.41) is 2.33. The molecule has 0 fully saturated rings. The Labute approximate surface area is 210 Å². The van der Waals surface area contributed by atoms with Crippen molar-refractivity contribution in [1.82, 2.24) is 0 Å². The number of anilines is 2. The predicted octanol–water partition coefficient (Wildman–Crippen LogP) is 4.86. The number of ether oxygens (including phenoxy) is 2.